The van der Waals surface area contributed by atoms with Crippen LogP contribution in [0.25, 0.3) is 16.7 Å². The molecule has 1 aromatic carbocycles. The van der Waals surface area contributed by atoms with Gasteiger partial charge >= 0.3 is 0 Å². The lowest BCUT2D eigenvalue weighted by Crippen LogP contribution is -2.22. The van der Waals surface area contributed by atoms with Gasteiger partial charge in [-0.3, -0.25) is 0 Å². The second-order valence-electron chi connectivity index (χ2n) is 8.25. The molecule has 1 aliphatic heterocycles. The molecule has 1 aliphatic rings. The molecule has 10 heteroatoms. The Kier molecular flexibility index (Phi) is 5.11. The summed E-state index contributed by atoms with van der Waals surface area (Å²) in [6.07, 6.45) is 5.96. The summed E-state index contributed by atoms with van der Waals surface area (Å²) in [5.41, 5.74) is 4.10. The van der Waals surface area contributed by atoms with E-state index in [2.05, 4.69) is 36.0 Å². The predicted molar refractivity (Wildman–Crippen MR) is 130 cm³/mol. The first-order valence-corrected chi connectivity index (χ1v) is 11.2. The number of hydrogen-bond donors (Lipinski definition) is 3. The van der Waals surface area contributed by atoms with Gasteiger partial charge in [0.1, 0.15) is 35.5 Å². The van der Waals surface area contributed by atoms with Crippen LogP contribution in [0.3, 0.4) is 0 Å². The van der Waals surface area contributed by atoms with Gasteiger partial charge in [0.15, 0.2) is 11.5 Å². The molecule has 0 spiro atoms. The summed E-state index contributed by atoms with van der Waals surface area (Å²) in [6, 6.07) is 13.9. The zero-order valence-electron chi connectivity index (χ0n) is 18.6. The van der Waals surface area contributed by atoms with Crippen molar-refractivity contribution in [2.24, 2.45) is 0 Å². The van der Waals surface area contributed by atoms with Crippen molar-refractivity contribution >= 4 is 34.0 Å². The molecule has 3 N–H and O–H groups in total. The van der Waals surface area contributed by atoms with E-state index in [0.717, 1.165) is 59.0 Å². The Hall–Kier alpha value is -4.31. The fourth-order valence-corrected chi connectivity index (χ4v) is 4.06. The molecule has 170 valence electrons. The number of benzene rings is 1. The quantitative estimate of drug-likeness (QED) is 0.354. The SMILES string of the molecule is Cc1cc(Nc2ncnc3ccc(N[C@@H]4CCNC4)nc23)ccc1Oc1ccn2ncnc2c1. The zero-order chi connectivity index (χ0) is 22.9. The molecule has 5 aromatic rings. The van der Waals surface area contributed by atoms with E-state index >= 15 is 0 Å². The van der Waals surface area contributed by atoms with Gasteiger partial charge in [-0.05, 0) is 61.9 Å². The van der Waals surface area contributed by atoms with Crippen LogP contribution in [0.15, 0.2) is 61.3 Å². The lowest BCUT2D eigenvalue weighted by molar-refractivity contribution is 0.478. The van der Waals surface area contributed by atoms with E-state index in [4.69, 9.17) is 9.72 Å². The number of hydrogen-bond acceptors (Lipinski definition) is 9. The summed E-state index contributed by atoms with van der Waals surface area (Å²) < 4.78 is 7.77. The van der Waals surface area contributed by atoms with E-state index in [-0.39, 0.29) is 0 Å². The molecule has 0 saturated carbocycles. The molecule has 1 fully saturated rings. The minimum absolute atomic E-state index is 0.381. The summed E-state index contributed by atoms with van der Waals surface area (Å²) >= 11 is 0. The van der Waals surface area contributed by atoms with Crippen LogP contribution < -0.4 is 20.7 Å². The van der Waals surface area contributed by atoms with Gasteiger partial charge in [-0.15, -0.1) is 0 Å². The average molecular weight is 454 g/mol. The van der Waals surface area contributed by atoms with Gasteiger partial charge in [-0.2, -0.15) is 5.10 Å². The molecule has 0 aliphatic carbocycles. The van der Waals surface area contributed by atoms with E-state index < -0.39 is 0 Å². The van der Waals surface area contributed by atoms with Gasteiger partial charge in [0, 0.05) is 30.5 Å². The van der Waals surface area contributed by atoms with Gasteiger partial charge in [0.2, 0.25) is 0 Å². The van der Waals surface area contributed by atoms with Crippen LogP contribution >= 0.6 is 0 Å². The molecule has 0 radical (unpaired) electrons. The molecule has 5 heterocycles. The normalized spacial score (nSPS) is 15.6. The molecule has 6 rings (SSSR count). The van der Waals surface area contributed by atoms with E-state index in [1.54, 1.807) is 10.8 Å². The maximum absolute atomic E-state index is 6.08. The number of aromatic nitrogens is 6. The maximum atomic E-state index is 6.08. The largest absolute Gasteiger partial charge is 0.457 e. The van der Waals surface area contributed by atoms with Crippen LogP contribution in [0, 0.1) is 6.92 Å². The second-order valence-corrected chi connectivity index (χ2v) is 8.25. The molecular formula is C24H23N9O. The van der Waals surface area contributed by atoms with Crippen molar-refractivity contribution < 1.29 is 4.74 Å². The third-order valence-corrected chi connectivity index (χ3v) is 5.81. The van der Waals surface area contributed by atoms with Crippen LogP contribution in [-0.2, 0) is 0 Å². The highest BCUT2D eigenvalue weighted by Crippen LogP contribution is 2.30. The van der Waals surface area contributed by atoms with E-state index in [0.29, 0.717) is 17.6 Å². The number of anilines is 3. The topological polar surface area (TPSA) is 114 Å². The number of fused-ring (bicyclic) bond motifs is 2. The number of nitrogens with one attached hydrogen (secondary N) is 3. The molecule has 0 unspecified atom stereocenters. The molecule has 1 atom stereocenters. The highest BCUT2D eigenvalue weighted by Gasteiger charge is 2.15. The van der Waals surface area contributed by atoms with E-state index in [9.17, 15) is 0 Å². The molecule has 4 aromatic heterocycles. The minimum atomic E-state index is 0.381. The van der Waals surface area contributed by atoms with Crippen molar-refractivity contribution in [3.63, 3.8) is 0 Å². The van der Waals surface area contributed by atoms with Crippen molar-refractivity contribution in [3.05, 3.63) is 66.9 Å². The van der Waals surface area contributed by atoms with Gasteiger partial charge < -0.3 is 20.7 Å². The van der Waals surface area contributed by atoms with Gasteiger partial charge in [0.05, 0.1) is 5.52 Å². The Morgan fingerprint density at radius 1 is 1.06 bits per heavy atom. The standard InChI is InChI=1S/C24H23N9O/c1-15-10-16(2-4-20(15)34-18-7-9-33-22(11-18)27-14-29-33)31-24-23-19(26-13-28-24)3-5-21(32-23)30-17-6-8-25-12-17/h2-5,7,9-11,13-14,17,25H,6,8,12H2,1H3,(H,30,32)(H,26,28,31)/t17-/m1/s1. The van der Waals surface area contributed by atoms with Crippen molar-refractivity contribution in [1.82, 2.24) is 34.9 Å². The molecule has 0 amide bonds. The smallest absolute Gasteiger partial charge is 0.160 e. The molecule has 1 saturated heterocycles. The highest BCUT2D eigenvalue weighted by atomic mass is 16.5. The summed E-state index contributed by atoms with van der Waals surface area (Å²) in [5, 5.41) is 14.3. The zero-order valence-corrected chi connectivity index (χ0v) is 18.6. The van der Waals surface area contributed by atoms with Crippen LogP contribution in [-0.4, -0.2) is 48.7 Å². The summed E-state index contributed by atoms with van der Waals surface area (Å²) in [7, 11) is 0. The second kappa shape index (κ2) is 8.56. The van der Waals surface area contributed by atoms with Crippen LogP contribution in [0.1, 0.15) is 12.0 Å². The van der Waals surface area contributed by atoms with Crippen molar-refractivity contribution in [1.29, 1.82) is 0 Å². The number of rotatable bonds is 6. The van der Waals surface area contributed by atoms with Crippen LogP contribution in [0.5, 0.6) is 11.5 Å². The monoisotopic (exact) mass is 453 g/mol. The Labute approximate surface area is 195 Å². The predicted octanol–water partition coefficient (Wildman–Crippen LogP) is 3.69. The Balaban J connectivity index is 1.23. The van der Waals surface area contributed by atoms with Gasteiger partial charge in [0.25, 0.3) is 0 Å². The molecule has 34 heavy (non-hydrogen) atoms. The molecule has 10 nitrogen and oxygen atoms in total. The number of aryl methyl sites for hydroxylation is 1. The first kappa shape index (κ1) is 20.3. The van der Waals surface area contributed by atoms with Crippen molar-refractivity contribution in [2.75, 3.05) is 23.7 Å². The van der Waals surface area contributed by atoms with Gasteiger partial charge in [-0.1, -0.05) is 0 Å². The van der Waals surface area contributed by atoms with Crippen LogP contribution in [0.2, 0.25) is 0 Å². The molecular weight excluding hydrogens is 430 g/mol. The lowest BCUT2D eigenvalue weighted by atomic mass is 10.2. The van der Waals surface area contributed by atoms with E-state index in [1.165, 1.54) is 6.33 Å². The van der Waals surface area contributed by atoms with Crippen molar-refractivity contribution in [3.8, 4) is 11.5 Å². The third-order valence-electron chi connectivity index (χ3n) is 5.81. The maximum Gasteiger partial charge on any atom is 0.160 e. The average Bonchev–Trinajstić information content (AvgIpc) is 3.53. The minimum Gasteiger partial charge on any atom is -0.457 e. The first-order valence-electron chi connectivity index (χ1n) is 11.2. The Morgan fingerprint density at radius 2 is 2.03 bits per heavy atom. The first-order chi connectivity index (χ1) is 16.7. The fourth-order valence-electron chi connectivity index (χ4n) is 4.06. The lowest BCUT2D eigenvalue weighted by Gasteiger charge is -2.14. The highest BCUT2D eigenvalue weighted by molar-refractivity contribution is 5.88. The van der Waals surface area contributed by atoms with Crippen molar-refractivity contribution in [2.45, 2.75) is 19.4 Å². The van der Waals surface area contributed by atoms with Gasteiger partial charge in [-0.25, -0.2) is 24.5 Å². The van der Waals surface area contributed by atoms with E-state index in [1.807, 2.05) is 55.6 Å². The summed E-state index contributed by atoms with van der Waals surface area (Å²) in [5.74, 6) is 2.94. The number of ether oxygens (including phenoxy) is 1. The molecule has 0 bridgehead atoms. The third kappa shape index (κ3) is 4.06. The Bertz CT molecular complexity index is 1480. The fraction of sp³-hybridized carbons (Fsp3) is 0.208. The number of pyridine rings is 2. The summed E-state index contributed by atoms with van der Waals surface area (Å²) in [4.78, 5) is 17.8. The van der Waals surface area contributed by atoms with Crippen LogP contribution in [0.4, 0.5) is 17.3 Å². The summed E-state index contributed by atoms with van der Waals surface area (Å²) in [6.45, 7) is 3.97. The number of nitrogens with zero attached hydrogens (tertiary/aromatic N) is 6. The Morgan fingerprint density at radius 3 is 2.91 bits per heavy atom.